The highest BCUT2D eigenvalue weighted by atomic mass is 33.2. The van der Waals surface area contributed by atoms with Crippen LogP contribution in [-0.4, -0.2) is 0 Å². The van der Waals surface area contributed by atoms with Gasteiger partial charge in [-0.05, 0) is 74.5 Å². The van der Waals surface area contributed by atoms with Crippen LogP contribution in [0.25, 0.3) is 0 Å². The average Bonchev–Trinajstić information content (AvgIpc) is 3.21. The lowest BCUT2D eigenvalue weighted by molar-refractivity contribution is 1.45. The Bertz CT molecular complexity index is 600. The van der Waals surface area contributed by atoms with Crippen molar-refractivity contribution in [3.63, 3.8) is 0 Å². The van der Waals surface area contributed by atoms with Crippen LogP contribution in [0.1, 0.15) is 0 Å². The summed E-state index contributed by atoms with van der Waals surface area (Å²) in [5.74, 6) is 0. The molecule has 1 heterocycles. The summed E-state index contributed by atoms with van der Waals surface area (Å²) in [5.41, 5.74) is 3.67. The smallest absolute Gasteiger partial charge is 0.107 e. The summed E-state index contributed by atoms with van der Waals surface area (Å²) in [7, 11) is 0. The van der Waals surface area contributed by atoms with Gasteiger partial charge in [-0.25, -0.2) is 0 Å². The molecule has 2 saturated carbocycles. The van der Waals surface area contributed by atoms with Crippen LogP contribution >= 0.6 is 21.8 Å². The van der Waals surface area contributed by atoms with Crippen LogP contribution in [0.3, 0.4) is 0 Å². The highest BCUT2D eigenvalue weighted by Crippen LogP contribution is 3.03. The average molecular weight is 377 g/mol. The summed E-state index contributed by atoms with van der Waals surface area (Å²) in [5, 5.41) is -3.73. The van der Waals surface area contributed by atoms with Crippen molar-refractivity contribution in [2.75, 3.05) is 4.44 Å². The van der Waals surface area contributed by atoms with Crippen molar-refractivity contribution in [2.45, 2.75) is 0 Å². The number of rotatable bonds is 3. The number of nitrogens with zero attached hydrogens (tertiary/aromatic N) is 1. The van der Waals surface area contributed by atoms with Crippen molar-refractivity contribution in [3.05, 3.63) is 93.0 Å². The molecule has 0 amide bonds. The van der Waals surface area contributed by atoms with Gasteiger partial charge in [-0.1, -0.05) is 41.8 Å². The van der Waals surface area contributed by atoms with Crippen LogP contribution in [0.2, 0.25) is 0 Å². The van der Waals surface area contributed by atoms with Crippen LogP contribution in [-0.2, 0) is 23.6 Å². The molecular formula is C16H13NP2S3. The van der Waals surface area contributed by atoms with E-state index >= 15 is 0 Å². The van der Waals surface area contributed by atoms with Crippen LogP contribution in [0, 0.1) is 62.7 Å². The lowest BCUT2D eigenvalue weighted by atomic mass is 10.3. The highest BCUT2D eigenvalue weighted by Gasteiger charge is 2.58. The van der Waals surface area contributed by atoms with Gasteiger partial charge in [0.2, 0.25) is 0 Å². The summed E-state index contributed by atoms with van der Waals surface area (Å²) < 4.78 is 2.40. The SMILES string of the molecule is S=P1([C]2[CH][CH][CH][CH]2)SP(=S)([C]2[CH][CH][CH][CH]2)N1c1ccccc1. The minimum atomic E-state index is -1.86. The third kappa shape index (κ3) is 2.49. The molecule has 1 aromatic rings. The van der Waals surface area contributed by atoms with Gasteiger partial charge in [0.25, 0.3) is 0 Å². The van der Waals surface area contributed by atoms with Gasteiger partial charge in [-0.3, -0.25) is 4.44 Å². The summed E-state index contributed by atoms with van der Waals surface area (Å²) in [4.78, 5) is 0. The monoisotopic (exact) mass is 377 g/mol. The van der Waals surface area contributed by atoms with E-state index in [1.807, 2.05) is 17.1 Å². The van der Waals surface area contributed by atoms with Crippen LogP contribution < -0.4 is 4.44 Å². The Hall–Kier alpha value is 0.670. The molecule has 10 radical (unpaired) electrons. The first-order valence-corrected chi connectivity index (χ1v) is 14.4. The van der Waals surface area contributed by atoms with E-state index in [0.717, 1.165) is 5.69 Å². The molecule has 1 nitrogen and oxygen atoms in total. The van der Waals surface area contributed by atoms with Gasteiger partial charge in [-0.2, -0.15) is 0 Å². The van der Waals surface area contributed by atoms with Gasteiger partial charge in [0.15, 0.2) is 0 Å². The van der Waals surface area contributed by atoms with E-state index in [9.17, 15) is 0 Å². The summed E-state index contributed by atoms with van der Waals surface area (Å²) in [6.07, 6.45) is 16.9. The van der Waals surface area contributed by atoms with Crippen LogP contribution in [0.15, 0.2) is 30.3 Å². The van der Waals surface area contributed by atoms with Crippen LogP contribution in [0.4, 0.5) is 5.69 Å². The van der Waals surface area contributed by atoms with Gasteiger partial charge >= 0.3 is 0 Å². The van der Waals surface area contributed by atoms with Gasteiger partial charge in [-0.15, -0.1) is 0 Å². The normalized spacial score (nSPS) is 36.6. The van der Waals surface area contributed by atoms with Gasteiger partial charge in [0, 0.05) is 17.0 Å². The third-order valence-corrected chi connectivity index (χ3v) is 23.9. The zero-order chi connectivity index (χ0) is 15.2. The summed E-state index contributed by atoms with van der Waals surface area (Å²) >= 11 is 14.2. The van der Waals surface area contributed by atoms with E-state index < -0.39 is 10.8 Å². The Labute approximate surface area is 148 Å². The molecule has 22 heavy (non-hydrogen) atoms. The lowest BCUT2D eigenvalue weighted by Gasteiger charge is -2.57. The maximum atomic E-state index is 6.14. The van der Waals surface area contributed by atoms with E-state index in [1.54, 1.807) is 0 Å². The molecule has 3 aliphatic rings. The maximum absolute atomic E-state index is 6.14. The van der Waals surface area contributed by atoms with Crippen molar-refractivity contribution >= 4 is 51.1 Å². The molecular weight excluding hydrogens is 364 g/mol. The largest absolute Gasteiger partial charge is 0.297 e. The molecule has 6 heteroatoms. The maximum Gasteiger partial charge on any atom is 0.107 e. The molecule has 3 fully saturated rings. The predicted octanol–water partition coefficient (Wildman–Crippen LogP) is 5.58. The lowest BCUT2D eigenvalue weighted by Crippen LogP contribution is -2.26. The minimum Gasteiger partial charge on any atom is -0.297 e. The first-order chi connectivity index (χ1) is 10.6. The van der Waals surface area contributed by atoms with Crippen molar-refractivity contribution < 1.29 is 0 Å². The molecule has 110 valence electrons. The Balaban J connectivity index is 1.73. The summed E-state index contributed by atoms with van der Waals surface area (Å²) in [6.45, 7) is 0. The van der Waals surface area contributed by atoms with Crippen LogP contribution in [0.5, 0.6) is 0 Å². The number of hydrogen-bond acceptors (Lipinski definition) is 3. The molecule has 2 unspecified atom stereocenters. The molecule has 1 saturated heterocycles. The number of hydrogen-bond donors (Lipinski definition) is 0. The number of benzene rings is 1. The van der Waals surface area contributed by atoms with Gasteiger partial charge in [0.1, 0.15) is 10.8 Å². The Morgan fingerprint density at radius 1 is 0.727 bits per heavy atom. The highest BCUT2D eigenvalue weighted by molar-refractivity contribution is 9.08. The van der Waals surface area contributed by atoms with E-state index in [0.29, 0.717) is 0 Å². The number of para-hydroxylation sites is 1. The summed E-state index contributed by atoms with van der Waals surface area (Å²) in [6, 6.07) is 10.4. The second-order valence-electron chi connectivity index (χ2n) is 5.03. The zero-order valence-electron chi connectivity index (χ0n) is 11.6. The Morgan fingerprint density at radius 3 is 1.64 bits per heavy atom. The molecule has 1 aliphatic heterocycles. The zero-order valence-corrected chi connectivity index (χ0v) is 15.8. The number of anilines is 1. The second-order valence-corrected chi connectivity index (χ2v) is 19.1. The molecule has 4 rings (SSSR count). The van der Waals surface area contributed by atoms with Gasteiger partial charge < -0.3 is 0 Å². The molecule has 1 aromatic carbocycles. The molecule has 0 spiro atoms. The minimum absolute atomic E-state index is 1.16. The third-order valence-electron chi connectivity index (χ3n) is 3.65. The van der Waals surface area contributed by atoms with E-state index in [-0.39, 0.29) is 0 Å². The van der Waals surface area contributed by atoms with Gasteiger partial charge in [0.05, 0.1) is 0 Å². The van der Waals surface area contributed by atoms with E-state index in [2.05, 4.69) is 80.1 Å². The fraction of sp³-hybridized carbons (Fsp3) is 0. The fourth-order valence-corrected chi connectivity index (χ4v) is 28.1. The predicted molar refractivity (Wildman–Crippen MR) is 106 cm³/mol. The molecule has 2 atom stereocenters. The standard InChI is InChI=1S/C16H13NP2S3/c20-18(15-10-4-5-11-15)17(14-8-2-1-3-9-14)19(21,22-18)16-12-6-7-13-16/h1-13H. The first-order valence-electron chi connectivity index (χ1n) is 6.87. The van der Waals surface area contributed by atoms with E-state index in [4.69, 9.17) is 23.6 Å². The molecule has 0 aromatic heterocycles. The quantitative estimate of drug-likeness (QED) is 0.632. The molecule has 2 aliphatic carbocycles. The second kappa shape index (κ2) is 6.19. The molecule has 0 N–H and O–H groups in total. The van der Waals surface area contributed by atoms with Crippen molar-refractivity contribution in [3.8, 4) is 0 Å². The van der Waals surface area contributed by atoms with Crippen molar-refractivity contribution in [1.82, 2.24) is 0 Å². The topological polar surface area (TPSA) is 3.24 Å². The van der Waals surface area contributed by atoms with Crippen molar-refractivity contribution in [2.24, 2.45) is 0 Å². The van der Waals surface area contributed by atoms with Crippen molar-refractivity contribution in [1.29, 1.82) is 0 Å². The Morgan fingerprint density at radius 2 is 1.18 bits per heavy atom. The fourth-order valence-electron chi connectivity index (χ4n) is 2.63. The van der Waals surface area contributed by atoms with E-state index in [1.165, 1.54) is 11.3 Å². The first kappa shape index (κ1) is 16.2. The molecule has 0 bridgehead atoms. The Kier molecular flexibility index (Phi) is 4.55.